The number of fused-ring (bicyclic) bond motifs is 2. The van der Waals surface area contributed by atoms with Gasteiger partial charge in [-0.2, -0.15) is 0 Å². The summed E-state index contributed by atoms with van der Waals surface area (Å²) in [7, 11) is 2.09. The summed E-state index contributed by atoms with van der Waals surface area (Å²) >= 11 is 0. The van der Waals surface area contributed by atoms with Gasteiger partial charge in [0.1, 0.15) is 0 Å². The first-order valence-corrected chi connectivity index (χ1v) is 4.66. The van der Waals surface area contributed by atoms with Gasteiger partial charge in [-0.05, 0) is 30.2 Å². The van der Waals surface area contributed by atoms with Gasteiger partial charge in [0, 0.05) is 36.4 Å². The molecule has 0 saturated heterocycles. The highest BCUT2D eigenvalue weighted by Crippen LogP contribution is 2.28. The van der Waals surface area contributed by atoms with E-state index in [0.717, 1.165) is 13.0 Å². The molecule has 66 valence electrons. The van der Waals surface area contributed by atoms with Crippen LogP contribution in [-0.4, -0.2) is 11.1 Å². The lowest BCUT2D eigenvalue weighted by atomic mass is 10.1. The number of hydrogen-bond donors (Lipinski definition) is 1. The Hall–Kier alpha value is -1.44. The molecule has 1 aliphatic heterocycles. The molecule has 1 N–H and O–H groups in total. The zero-order chi connectivity index (χ0) is 8.84. The predicted octanol–water partition coefficient (Wildman–Crippen LogP) is 2.15. The summed E-state index contributed by atoms with van der Waals surface area (Å²) in [5.41, 5.74) is 4.11. The number of nitrogens with zero attached hydrogens (tertiary/aromatic N) is 1. The Kier molecular flexibility index (Phi) is 1.23. The summed E-state index contributed by atoms with van der Waals surface area (Å²) in [5.74, 6) is 0. The van der Waals surface area contributed by atoms with Crippen LogP contribution in [0.4, 0.5) is 5.69 Å². The average Bonchev–Trinajstić information content (AvgIpc) is 2.70. The zero-order valence-corrected chi connectivity index (χ0v) is 7.67. The van der Waals surface area contributed by atoms with Gasteiger partial charge in [0.2, 0.25) is 0 Å². The Morgan fingerprint density at radius 2 is 2.31 bits per heavy atom. The highest BCUT2D eigenvalue weighted by atomic mass is 14.9. The van der Waals surface area contributed by atoms with Gasteiger partial charge in [-0.1, -0.05) is 0 Å². The summed E-state index contributed by atoms with van der Waals surface area (Å²) < 4.78 is 2.17. The van der Waals surface area contributed by atoms with E-state index in [1.165, 1.54) is 22.2 Å². The largest absolute Gasteiger partial charge is 0.384 e. The smallest absolute Gasteiger partial charge is 0.0481 e. The summed E-state index contributed by atoms with van der Waals surface area (Å²) in [6, 6.07) is 6.71. The van der Waals surface area contributed by atoms with E-state index in [4.69, 9.17) is 0 Å². The summed E-state index contributed by atoms with van der Waals surface area (Å²) in [6.07, 6.45) is 3.27. The van der Waals surface area contributed by atoms with Crippen LogP contribution in [0.15, 0.2) is 24.4 Å². The molecule has 0 saturated carbocycles. The van der Waals surface area contributed by atoms with Crippen LogP contribution in [0.3, 0.4) is 0 Å². The van der Waals surface area contributed by atoms with E-state index in [1.54, 1.807) is 0 Å². The molecule has 0 bridgehead atoms. The van der Waals surface area contributed by atoms with Crippen LogP contribution in [-0.2, 0) is 13.5 Å². The van der Waals surface area contributed by atoms with Gasteiger partial charge in [0.05, 0.1) is 0 Å². The minimum atomic E-state index is 1.09. The quantitative estimate of drug-likeness (QED) is 0.644. The van der Waals surface area contributed by atoms with Crippen molar-refractivity contribution >= 4 is 16.6 Å². The number of benzene rings is 1. The third-order valence-corrected chi connectivity index (χ3v) is 2.82. The van der Waals surface area contributed by atoms with Gasteiger partial charge in [-0.25, -0.2) is 0 Å². The molecule has 0 spiro atoms. The molecule has 2 heterocycles. The molecule has 13 heavy (non-hydrogen) atoms. The number of hydrogen-bond acceptors (Lipinski definition) is 1. The lowest BCUT2D eigenvalue weighted by Crippen LogP contribution is -1.90. The monoisotopic (exact) mass is 172 g/mol. The van der Waals surface area contributed by atoms with Crippen molar-refractivity contribution in [2.75, 3.05) is 11.9 Å². The highest BCUT2D eigenvalue weighted by Gasteiger charge is 2.11. The predicted molar refractivity (Wildman–Crippen MR) is 55.1 cm³/mol. The molecular weight excluding hydrogens is 160 g/mol. The van der Waals surface area contributed by atoms with Crippen LogP contribution < -0.4 is 5.32 Å². The first kappa shape index (κ1) is 7.01. The zero-order valence-electron chi connectivity index (χ0n) is 7.67. The van der Waals surface area contributed by atoms with Crippen LogP contribution in [0.25, 0.3) is 10.9 Å². The second-order valence-electron chi connectivity index (χ2n) is 3.67. The van der Waals surface area contributed by atoms with E-state index in [-0.39, 0.29) is 0 Å². The van der Waals surface area contributed by atoms with Gasteiger partial charge in [-0.15, -0.1) is 0 Å². The van der Waals surface area contributed by atoms with E-state index >= 15 is 0 Å². The molecule has 1 aromatic heterocycles. The minimum absolute atomic E-state index is 1.09. The van der Waals surface area contributed by atoms with Crippen molar-refractivity contribution in [1.82, 2.24) is 4.57 Å². The fourth-order valence-corrected chi connectivity index (χ4v) is 2.06. The number of aromatic nitrogens is 1. The normalized spacial score (nSPS) is 14.5. The average molecular weight is 172 g/mol. The Balaban J connectivity index is 2.38. The second-order valence-corrected chi connectivity index (χ2v) is 3.67. The molecule has 0 unspecified atom stereocenters. The van der Waals surface area contributed by atoms with Crippen LogP contribution in [0.5, 0.6) is 0 Å². The molecule has 1 aliphatic rings. The van der Waals surface area contributed by atoms with Gasteiger partial charge in [-0.3, -0.25) is 0 Å². The van der Waals surface area contributed by atoms with Crippen LogP contribution in [0.2, 0.25) is 0 Å². The molecule has 0 fully saturated rings. The van der Waals surface area contributed by atoms with Crippen molar-refractivity contribution in [3.63, 3.8) is 0 Å². The number of rotatable bonds is 0. The lowest BCUT2D eigenvalue weighted by Gasteiger charge is -2.01. The first-order valence-electron chi connectivity index (χ1n) is 4.66. The van der Waals surface area contributed by atoms with Crippen molar-refractivity contribution in [2.45, 2.75) is 6.42 Å². The number of anilines is 1. The molecule has 0 aliphatic carbocycles. The van der Waals surface area contributed by atoms with Crippen molar-refractivity contribution < 1.29 is 0 Å². The molecule has 3 rings (SSSR count). The fraction of sp³-hybridized carbons (Fsp3) is 0.273. The first-order chi connectivity index (χ1) is 6.34. The van der Waals surface area contributed by atoms with Gasteiger partial charge in [0.15, 0.2) is 0 Å². The number of nitrogens with one attached hydrogen (secondary N) is 1. The van der Waals surface area contributed by atoms with E-state index in [0.29, 0.717) is 0 Å². The van der Waals surface area contributed by atoms with Crippen LogP contribution in [0.1, 0.15) is 5.56 Å². The van der Waals surface area contributed by atoms with Crippen molar-refractivity contribution in [3.8, 4) is 0 Å². The fourth-order valence-electron chi connectivity index (χ4n) is 2.06. The SMILES string of the molecule is Cn1ccc2cc3c(cc21)CCN3. The van der Waals surface area contributed by atoms with Crippen molar-refractivity contribution in [3.05, 3.63) is 30.0 Å². The maximum atomic E-state index is 3.39. The van der Waals surface area contributed by atoms with Crippen molar-refractivity contribution in [2.24, 2.45) is 7.05 Å². The molecule has 0 atom stereocenters. The summed E-state index contributed by atoms with van der Waals surface area (Å²) in [5, 5.41) is 4.72. The molecule has 0 radical (unpaired) electrons. The van der Waals surface area contributed by atoms with Gasteiger partial charge >= 0.3 is 0 Å². The van der Waals surface area contributed by atoms with E-state index in [1.807, 2.05) is 0 Å². The molecule has 0 amide bonds. The maximum absolute atomic E-state index is 3.39. The Morgan fingerprint density at radius 1 is 1.38 bits per heavy atom. The maximum Gasteiger partial charge on any atom is 0.0481 e. The van der Waals surface area contributed by atoms with Crippen LogP contribution >= 0.6 is 0 Å². The Labute approximate surface area is 77.2 Å². The molecule has 1 aromatic carbocycles. The molecule has 2 nitrogen and oxygen atoms in total. The summed E-state index contributed by atoms with van der Waals surface area (Å²) in [4.78, 5) is 0. The molecule has 2 aromatic rings. The number of aryl methyl sites for hydroxylation is 1. The molecular formula is C11H12N2. The highest BCUT2D eigenvalue weighted by molar-refractivity contribution is 5.86. The third-order valence-electron chi connectivity index (χ3n) is 2.82. The molecule has 2 heteroatoms. The van der Waals surface area contributed by atoms with E-state index < -0.39 is 0 Å². The lowest BCUT2D eigenvalue weighted by molar-refractivity contribution is 0.967. The standard InChI is InChI=1S/C11H12N2/c1-13-5-3-9-6-10-8(2-4-12-10)7-11(9)13/h3,5-7,12H,2,4H2,1H3. The van der Waals surface area contributed by atoms with Crippen LogP contribution in [0, 0.1) is 0 Å². The van der Waals surface area contributed by atoms with E-state index in [2.05, 4.69) is 41.3 Å². The summed E-state index contributed by atoms with van der Waals surface area (Å²) in [6.45, 7) is 1.09. The van der Waals surface area contributed by atoms with Crippen molar-refractivity contribution in [1.29, 1.82) is 0 Å². The minimum Gasteiger partial charge on any atom is -0.384 e. The topological polar surface area (TPSA) is 17.0 Å². The van der Waals surface area contributed by atoms with Gasteiger partial charge < -0.3 is 9.88 Å². The Morgan fingerprint density at radius 3 is 3.23 bits per heavy atom. The third kappa shape index (κ3) is 0.886. The second kappa shape index (κ2) is 2.28. The Bertz CT molecular complexity index is 468. The van der Waals surface area contributed by atoms with E-state index in [9.17, 15) is 0 Å². The van der Waals surface area contributed by atoms with Gasteiger partial charge in [0.25, 0.3) is 0 Å².